The third kappa shape index (κ3) is 3.92. The van der Waals surface area contributed by atoms with Crippen LogP contribution in [0.4, 0.5) is 0 Å². The fourth-order valence-electron chi connectivity index (χ4n) is 2.21. The van der Waals surface area contributed by atoms with Gasteiger partial charge in [0.1, 0.15) is 0 Å². The molecule has 1 aromatic rings. The van der Waals surface area contributed by atoms with E-state index in [4.69, 9.17) is 4.74 Å². The molecule has 0 fully saturated rings. The van der Waals surface area contributed by atoms with Crippen LogP contribution in [0.3, 0.4) is 0 Å². The Bertz CT molecular complexity index is 622. The van der Waals surface area contributed by atoms with Crippen molar-refractivity contribution in [3.8, 4) is 0 Å². The van der Waals surface area contributed by atoms with E-state index in [2.05, 4.69) is 0 Å². The summed E-state index contributed by atoms with van der Waals surface area (Å²) in [6.07, 6.45) is 2.61. The van der Waals surface area contributed by atoms with Crippen LogP contribution in [-0.4, -0.2) is 38.4 Å². The minimum atomic E-state index is -3.45. The summed E-state index contributed by atoms with van der Waals surface area (Å²) in [6, 6.07) is 8.38. The second-order valence-corrected chi connectivity index (χ2v) is 6.71. The Balaban J connectivity index is 2.03. The molecule has 0 aliphatic carbocycles. The van der Waals surface area contributed by atoms with Gasteiger partial charge in [-0.25, -0.2) is 8.42 Å². The van der Waals surface area contributed by atoms with E-state index in [1.807, 2.05) is 0 Å². The van der Waals surface area contributed by atoms with Crippen LogP contribution < -0.4 is 0 Å². The first-order chi connectivity index (χ1) is 10.0. The summed E-state index contributed by atoms with van der Waals surface area (Å²) in [4.78, 5) is 11.7. The summed E-state index contributed by atoms with van der Waals surface area (Å²) >= 11 is 0. The van der Waals surface area contributed by atoms with Gasteiger partial charge in [0.05, 0.1) is 17.9 Å². The molecule has 114 valence electrons. The zero-order chi connectivity index (χ0) is 15.3. The third-order valence-electron chi connectivity index (χ3n) is 3.32. The number of hydrogen-bond donors (Lipinski definition) is 0. The molecule has 0 saturated heterocycles. The molecule has 0 amide bonds. The second-order valence-electron chi connectivity index (χ2n) is 4.77. The monoisotopic (exact) mass is 309 g/mol. The molecule has 0 N–H and O–H groups in total. The quantitative estimate of drug-likeness (QED) is 0.616. The first-order valence-corrected chi connectivity index (χ1v) is 8.36. The van der Waals surface area contributed by atoms with Crippen LogP contribution in [0.15, 0.2) is 46.9 Å². The van der Waals surface area contributed by atoms with E-state index >= 15 is 0 Å². The number of esters is 1. The van der Waals surface area contributed by atoms with E-state index < -0.39 is 10.0 Å². The lowest BCUT2D eigenvalue weighted by molar-refractivity contribution is -0.142. The lowest BCUT2D eigenvalue weighted by Crippen LogP contribution is -2.35. The lowest BCUT2D eigenvalue weighted by Gasteiger charge is -2.25. The summed E-state index contributed by atoms with van der Waals surface area (Å²) in [5.74, 6) is -0.261. The number of rotatable bonds is 5. The number of benzene rings is 1. The summed E-state index contributed by atoms with van der Waals surface area (Å²) in [6.45, 7) is 2.82. The molecule has 1 aliphatic heterocycles. The van der Waals surface area contributed by atoms with Gasteiger partial charge >= 0.3 is 5.97 Å². The minimum absolute atomic E-state index is 0.243. The van der Waals surface area contributed by atoms with Crippen molar-refractivity contribution in [3.05, 3.63) is 42.0 Å². The van der Waals surface area contributed by atoms with E-state index in [1.165, 1.54) is 4.31 Å². The number of hydrogen-bond acceptors (Lipinski definition) is 4. The van der Waals surface area contributed by atoms with Crippen molar-refractivity contribution in [1.29, 1.82) is 0 Å². The highest BCUT2D eigenvalue weighted by molar-refractivity contribution is 7.89. The topological polar surface area (TPSA) is 63.7 Å². The molecule has 1 aliphatic rings. The predicted molar refractivity (Wildman–Crippen MR) is 79.2 cm³/mol. The van der Waals surface area contributed by atoms with Crippen LogP contribution in [0.25, 0.3) is 0 Å². The molecule has 5 nitrogen and oxygen atoms in total. The Morgan fingerprint density at radius 3 is 2.57 bits per heavy atom. The fourth-order valence-corrected chi connectivity index (χ4v) is 3.61. The molecule has 0 bridgehead atoms. The van der Waals surface area contributed by atoms with Crippen LogP contribution in [0, 0.1) is 0 Å². The summed E-state index contributed by atoms with van der Waals surface area (Å²) in [7, 11) is -3.45. The Morgan fingerprint density at radius 2 is 2.00 bits per heavy atom. The molecule has 0 saturated carbocycles. The Kier molecular flexibility index (Phi) is 5.14. The van der Waals surface area contributed by atoms with Crippen molar-refractivity contribution in [2.75, 3.05) is 19.7 Å². The fraction of sp³-hybridized carbons (Fsp3) is 0.400. The molecule has 0 spiro atoms. The standard InChI is InChI=1S/C15H19NO4S/c1-2-20-15(17)12-13-8-10-16(11-9-13)21(18,19)14-6-4-3-5-7-14/h3-8H,2,9-12H2,1H3. The van der Waals surface area contributed by atoms with Gasteiger partial charge in [-0.2, -0.15) is 4.31 Å². The number of carbonyl (C=O) groups excluding carboxylic acids is 1. The molecule has 0 radical (unpaired) electrons. The van der Waals surface area contributed by atoms with Gasteiger partial charge in [-0.1, -0.05) is 29.8 Å². The van der Waals surface area contributed by atoms with Crippen LogP contribution >= 0.6 is 0 Å². The minimum Gasteiger partial charge on any atom is -0.466 e. The van der Waals surface area contributed by atoms with Gasteiger partial charge in [-0.3, -0.25) is 4.79 Å². The number of sulfonamides is 1. The van der Waals surface area contributed by atoms with E-state index in [1.54, 1.807) is 43.3 Å². The first kappa shape index (κ1) is 15.7. The lowest BCUT2D eigenvalue weighted by atomic mass is 10.1. The van der Waals surface area contributed by atoms with Crippen LogP contribution in [-0.2, 0) is 19.6 Å². The van der Waals surface area contributed by atoms with Gasteiger partial charge in [0, 0.05) is 13.1 Å². The molecule has 0 unspecified atom stereocenters. The van der Waals surface area contributed by atoms with E-state index in [-0.39, 0.29) is 12.4 Å². The largest absolute Gasteiger partial charge is 0.466 e. The average molecular weight is 309 g/mol. The van der Waals surface area contributed by atoms with Gasteiger partial charge < -0.3 is 4.74 Å². The van der Waals surface area contributed by atoms with Gasteiger partial charge in [0.2, 0.25) is 10.0 Å². The molecule has 0 atom stereocenters. The third-order valence-corrected chi connectivity index (χ3v) is 5.20. The number of ether oxygens (including phenoxy) is 1. The van der Waals surface area contributed by atoms with Crippen molar-refractivity contribution < 1.29 is 17.9 Å². The maximum atomic E-state index is 12.4. The highest BCUT2D eigenvalue weighted by Crippen LogP contribution is 2.21. The average Bonchev–Trinajstić information content (AvgIpc) is 2.49. The highest BCUT2D eigenvalue weighted by atomic mass is 32.2. The van der Waals surface area contributed by atoms with E-state index in [0.717, 1.165) is 5.57 Å². The normalized spacial score (nSPS) is 16.3. The molecular weight excluding hydrogens is 290 g/mol. The molecule has 0 aromatic heterocycles. The first-order valence-electron chi connectivity index (χ1n) is 6.92. The molecule has 2 rings (SSSR count). The Labute approximate surface area is 125 Å². The van der Waals surface area contributed by atoms with Gasteiger partial charge in [0.15, 0.2) is 0 Å². The van der Waals surface area contributed by atoms with Gasteiger partial charge in [0.25, 0.3) is 0 Å². The van der Waals surface area contributed by atoms with Crippen molar-refractivity contribution in [1.82, 2.24) is 4.31 Å². The molecular formula is C15H19NO4S. The SMILES string of the molecule is CCOC(=O)CC1=CCN(S(=O)(=O)c2ccccc2)CC1. The number of nitrogens with zero attached hydrogens (tertiary/aromatic N) is 1. The summed E-state index contributed by atoms with van der Waals surface area (Å²) < 4.78 is 31.2. The Hall–Kier alpha value is -1.66. The molecule has 21 heavy (non-hydrogen) atoms. The van der Waals surface area contributed by atoms with Crippen molar-refractivity contribution in [2.45, 2.75) is 24.7 Å². The maximum Gasteiger partial charge on any atom is 0.309 e. The highest BCUT2D eigenvalue weighted by Gasteiger charge is 2.26. The zero-order valence-electron chi connectivity index (χ0n) is 12.0. The number of carbonyl (C=O) groups is 1. The van der Waals surface area contributed by atoms with Crippen molar-refractivity contribution in [3.63, 3.8) is 0 Å². The van der Waals surface area contributed by atoms with Crippen LogP contribution in [0.1, 0.15) is 19.8 Å². The van der Waals surface area contributed by atoms with Crippen molar-refractivity contribution in [2.24, 2.45) is 0 Å². The predicted octanol–water partition coefficient (Wildman–Crippen LogP) is 1.96. The summed E-state index contributed by atoms with van der Waals surface area (Å²) in [5, 5.41) is 0. The molecule has 1 heterocycles. The van der Waals surface area contributed by atoms with Crippen molar-refractivity contribution >= 4 is 16.0 Å². The maximum absolute atomic E-state index is 12.4. The van der Waals surface area contributed by atoms with Gasteiger partial charge in [-0.15, -0.1) is 0 Å². The molecule has 6 heteroatoms. The second kappa shape index (κ2) is 6.87. The molecule has 1 aromatic carbocycles. The van der Waals surface area contributed by atoms with E-state index in [9.17, 15) is 13.2 Å². The Morgan fingerprint density at radius 1 is 1.29 bits per heavy atom. The summed E-state index contributed by atoms with van der Waals surface area (Å²) in [5.41, 5.74) is 0.938. The van der Waals surface area contributed by atoms with Gasteiger partial charge in [-0.05, 0) is 25.5 Å². The van der Waals surface area contributed by atoms with Crippen LogP contribution in [0.5, 0.6) is 0 Å². The van der Waals surface area contributed by atoms with Crippen LogP contribution in [0.2, 0.25) is 0 Å². The smallest absolute Gasteiger partial charge is 0.309 e. The van der Waals surface area contributed by atoms with E-state index in [0.29, 0.717) is 31.0 Å². The zero-order valence-corrected chi connectivity index (χ0v) is 12.8.